The molecular formula is C26H33F3N6. The van der Waals surface area contributed by atoms with Gasteiger partial charge in [-0.05, 0) is 70.1 Å². The zero-order valence-corrected chi connectivity index (χ0v) is 21.3. The number of unbranched alkanes of at least 4 members (excludes halogenated alkanes) is 2. The molecule has 4 aromatic heterocycles. The molecule has 4 heterocycles. The molecule has 0 amide bonds. The Morgan fingerprint density at radius 2 is 1.43 bits per heavy atom. The SMILES string of the molecule is CCCCCc1cc(C)nn2c(-c3c(C)nc4c(C(CC)CC)cc(C(F)(F)F)nn34)c(C)nc12. The molecule has 0 saturated heterocycles. The maximum atomic E-state index is 13.9. The lowest BCUT2D eigenvalue weighted by Crippen LogP contribution is -2.14. The van der Waals surface area contributed by atoms with Gasteiger partial charge in [-0.3, -0.25) is 0 Å². The molecule has 0 aliphatic heterocycles. The fourth-order valence-electron chi connectivity index (χ4n) is 4.94. The van der Waals surface area contributed by atoms with Crippen molar-refractivity contribution in [3.05, 3.63) is 46.0 Å². The first-order valence-electron chi connectivity index (χ1n) is 12.4. The van der Waals surface area contributed by atoms with E-state index in [4.69, 9.17) is 15.1 Å². The number of aromatic nitrogens is 6. The molecule has 0 unspecified atom stereocenters. The Kier molecular flexibility index (Phi) is 6.88. The number of alkyl halides is 3. The predicted octanol–water partition coefficient (Wildman–Crippen LogP) is 7.02. The van der Waals surface area contributed by atoms with E-state index in [0.717, 1.165) is 42.6 Å². The lowest BCUT2D eigenvalue weighted by molar-refractivity contribution is -0.141. The molecular weight excluding hydrogens is 453 g/mol. The van der Waals surface area contributed by atoms with Crippen molar-refractivity contribution in [3.63, 3.8) is 0 Å². The van der Waals surface area contributed by atoms with E-state index in [2.05, 4.69) is 12.0 Å². The summed E-state index contributed by atoms with van der Waals surface area (Å²) < 4.78 is 44.9. The second kappa shape index (κ2) is 9.59. The van der Waals surface area contributed by atoms with Crippen LogP contribution in [-0.4, -0.2) is 29.2 Å². The van der Waals surface area contributed by atoms with E-state index in [1.165, 1.54) is 10.6 Å². The number of rotatable bonds is 8. The molecule has 0 fully saturated rings. The molecule has 0 spiro atoms. The van der Waals surface area contributed by atoms with Crippen molar-refractivity contribution in [2.45, 2.75) is 92.2 Å². The molecule has 0 N–H and O–H groups in total. The van der Waals surface area contributed by atoms with E-state index in [9.17, 15) is 13.2 Å². The molecule has 0 bridgehead atoms. The average Bonchev–Trinajstić information content (AvgIpc) is 3.29. The zero-order valence-electron chi connectivity index (χ0n) is 21.3. The average molecular weight is 487 g/mol. The lowest BCUT2D eigenvalue weighted by Gasteiger charge is -2.16. The van der Waals surface area contributed by atoms with Gasteiger partial charge in [-0.25, -0.2) is 19.0 Å². The molecule has 35 heavy (non-hydrogen) atoms. The fourth-order valence-corrected chi connectivity index (χ4v) is 4.94. The third-order valence-electron chi connectivity index (χ3n) is 6.73. The second-order valence-electron chi connectivity index (χ2n) is 9.33. The van der Waals surface area contributed by atoms with Crippen LogP contribution in [0.3, 0.4) is 0 Å². The van der Waals surface area contributed by atoms with Crippen molar-refractivity contribution < 1.29 is 13.2 Å². The van der Waals surface area contributed by atoms with E-state index in [-0.39, 0.29) is 5.92 Å². The summed E-state index contributed by atoms with van der Waals surface area (Å²) in [6.45, 7) is 11.7. The summed E-state index contributed by atoms with van der Waals surface area (Å²) in [5.74, 6) is -0.0509. The fraction of sp³-hybridized carbons (Fsp3) is 0.538. The molecule has 9 heteroatoms. The molecule has 0 radical (unpaired) electrons. The highest BCUT2D eigenvalue weighted by Crippen LogP contribution is 2.36. The van der Waals surface area contributed by atoms with Crippen LogP contribution in [0.15, 0.2) is 12.1 Å². The van der Waals surface area contributed by atoms with E-state index in [1.807, 2.05) is 40.7 Å². The summed E-state index contributed by atoms with van der Waals surface area (Å²) in [5, 5.41) is 8.76. The van der Waals surface area contributed by atoms with Crippen molar-refractivity contribution in [1.82, 2.24) is 29.2 Å². The van der Waals surface area contributed by atoms with Crippen molar-refractivity contribution in [2.75, 3.05) is 0 Å². The largest absolute Gasteiger partial charge is 0.435 e. The smallest absolute Gasteiger partial charge is 0.231 e. The standard InChI is InChI=1S/C26H33F3N6/c1-7-10-11-12-19-13-15(4)32-34-22(16(5)30-24(19)34)23-17(6)31-25-20(18(8-2)9-3)14-21(26(27,28)29)33-35(23)25/h13-14,18H,7-12H2,1-6H3. The summed E-state index contributed by atoms with van der Waals surface area (Å²) in [5.41, 5.74) is 5.20. The van der Waals surface area contributed by atoms with Gasteiger partial charge in [0.05, 0.1) is 17.1 Å². The monoisotopic (exact) mass is 486 g/mol. The molecule has 4 aromatic rings. The van der Waals surface area contributed by atoms with Crippen LogP contribution in [0, 0.1) is 20.8 Å². The van der Waals surface area contributed by atoms with Crippen molar-refractivity contribution >= 4 is 11.3 Å². The van der Waals surface area contributed by atoms with Gasteiger partial charge in [0.15, 0.2) is 17.0 Å². The van der Waals surface area contributed by atoms with Gasteiger partial charge in [-0.15, -0.1) is 0 Å². The van der Waals surface area contributed by atoms with Gasteiger partial charge >= 0.3 is 6.18 Å². The summed E-state index contributed by atoms with van der Waals surface area (Å²) in [7, 11) is 0. The highest BCUT2D eigenvalue weighted by molar-refractivity contribution is 5.71. The summed E-state index contributed by atoms with van der Waals surface area (Å²) in [6.07, 6.45) is 1.01. The van der Waals surface area contributed by atoms with Gasteiger partial charge in [-0.1, -0.05) is 33.6 Å². The van der Waals surface area contributed by atoms with E-state index < -0.39 is 11.9 Å². The van der Waals surface area contributed by atoms with Gasteiger partial charge in [-0.2, -0.15) is 23.4 Å². The molecule has 188 valence electrons. The van der Waals surface area contributed by atoms with E-state index >= 15 is 0 Å². The van der Waals surface area contributed by atoms with Crippen molar-refractivity contribution in [1.29, 1.82) is 0 Å². The minimum Gasteiger partial charge on any atom is -0.231 e. The number of nitrogens with zero attached hydrogens (tertiary/aromatic N) is 6. The Bertz CT molecular complexity index is 1360. The number of halogens is 3. The first-order valence-corrected chi connectivity index (χ1v) is 12.4. The van der Waals surface area contributed by atoms with Gasteiger partial charge in [0, 0.05) is 5.56 Å². The van der Waals surface area contributed by atoms with Crippen LogP contribution >= 0.6 is 0 Å². The predicted molar refractivity (Wildman–Crippen MR) is 131 cm³/mol. The van der Waals surface area contributed by atoms with Gasteiger partial charge < -0.3 is 0 Å². The Morgan fingerprint density at radius 3 is 2.00 bits per heavy atom. The molecule has 0 aliphatic rings. The zero-order chi connectivity index (χ0) is 25.5. The number of aryl methyl sites for hydroxylation is 4. The quantitative estimate of drug-likeness (QED) is 0.251. The van der Waals surface area contributed by atoms with E-state index in [1.54, 1.807) is 4.52 Å². The van der Waals surface area contributed by atoms with Gasteiger partial charge in [0.25, 0.3) is 0 Å². The molecule has 0 aliphatic carbocycles. The topological polar surface area (TPSA) is 60.4 Å². The highest BCUT2D eigenvalue weighted by atomic mass is 19.4. The third-order valence-corrected chi connectivity index (χ3v) is 6.73. The van der Waals surface area contributed by atoms with Crippen LogP contribution in [0.5, 0.6) is 0 Å². The van der Waals surface area contributed by atoms with Crippen LogP contribution in [0.2, 0.25) is 0 Å². The molecule has 0 saturated carbocycles. The summed E-state index contributed by atoms with van der Waals surface area (Å²) in [6, 6.07) is 3.21. The lowest BCUT2D eigenvalue weighted by atomic mass is 9.94. The van der Waals surface area contributed by atoms with Crippen molar-refractivity contribution in [2.24, 2.45) is 0 Å². The van der Waals surface area contributed by atoms with Crippen LogP contribution < -0.4 is 0 Å². The Balaban J connectivity index is 2.03. The van der Waals surface area contributed by atoms with Crippen LogP contribution in [0.25, 0.3) is 22.7 Å². The number of hydrogen-bond acceptors (Lipinski definition) is 4. The molecule has 4 rings (SSSR count). The first kappa shape index (κ1) is 25.1. The Hall–Kier alpha value is -2.97. The number of fused-ring (bicyclic) bond motifs is 2. The first-order chi connectivity index (χ1) is 16.6. The number of imidazole rings is 2. The van der Waals surface area contributed by atoms with Crippen LogP contribution in [-0.2, 0) is 12.6 Å². The third kappa shape index (κ3) is 4.52. The van der Waals surface area contributed by atoms with Crippen molar-refractivity contribution in [3.8, 4) is 11.4 Å². The van der Waals surface area contributed by atoms with E-state index in [0.29, 0.717) is 46.8 Å². The summed E-state index contributed by atoms with van der Waals surface area (Å²) in [4.78, 5) is 9.53. The second-order valence-corrected chi connectivity index (χ2v) is 9.33. The normalized spacial score (nSPS) is 12.5. The molecule has 0 atom stereocenters. The molecule has 6 nitrogen and oxygen atoms in total. The minimum atomic E-state index is -4.57. The van der Waals surface area contributed by atoms with Gasteiger partial charge in [0.1, 0.15) is 11.4 Å². The Morgan fingerprint density at radius 1 is 0.829 bits per heavy atom. The Labute approximate surface area is 203 Å². The molecule has 0 aromatic carbocycles. The van der Waals surface area contributed by atoms with Gasteiger partial charge in [0.2, 0.25) is 0 Å². The maximum Gasteiger partial charge on any atom is 0.435 e. The maximum absolute atomic E-state index is 13.9. The highest BCUT2D eigenvalue weighted by Gasteiger charge is 2.36. The van der Waals surface area contributed by atoms with Crippen LogP contribution in [0.4, 0.5) is 13.2 Å². The number of hydrogen-bond donors (Lipinski definition) is 0. The summed E-state index contributed by atoms with van der Waals surface area (Å²) >= 11 is 0. The minimum absolute atomic E-state index is 0.0509. The van der Waals surface area contributed by atoms with Crippen LogP contribution in [0.1, 0.15) is 92.7 Å².